The largest absolute Gasteiger partial charge is 0.489 e. The maximum absolute atomic E-state index is 13.8. The van der Waals surface area contributed by atoms with Crippen molar-refractivity contribution in [2.45, 2.75) is 12.6 Å². The monoisotopic (exact) mass is 571 g/mol. The van der Waals surface area contributed by atoms with E-state index >= 15 is 0 Å². The van der Waals surface area contributed by atoms with Gasteiger partial charge in [-0.2, -0.15) is 0 Å². The molecule has 7 heteroatoms. The number of amides is 1. The molecule has 0 radical (unpaired) electrons. The molecule has 5 nitrogen and oxygen atoms in total. The Morgan fingerprint density at radius 1 is 0.892 bits per heavy atom. The van der Waals surface area contributed by atoms with Gasteiger partial charge in [0, 0.05) is 15.2 Å². The van der Waals surface area contributed by atoms with Crippen LogP contribution in [0.1, 0.15) is 33.3 Å². The Morgan fingerprint density at radius 2 is 1.68 bits per heavy atom. The second-order valence-corrected chi connectivity index (χ2v) is 10.1. The third-order valence-corrected chi connectivity index (χ3v) is 7.12. The number of nitrogens with zero attached hydrogens (tertiary/aromatic N) is 1. The fourth-order valence-electron chi connectivity index (χ4n) is 4.64. The first kappa shape index (κ1) is 23.5. The second-order valence-electron chi connectivity index (χ2n) is 8.72. The second kappa shape index (κ2) is 9.54. The van der Waals surface area contributed by atoms with Crippen molar-refractivity contribution >= 4 is 50.1 Å². The maximum Gasteiger partial charge on any atom is 0.295 e. The Hall–Kier alpha value is -3.87. The van der Waals surface area contributed by atoms with Crippen LogP contribution in [-0.2, 0) is 6.61 Å². The number of anilines is 1. The van der Waals surface area contributed by atoms with Gasteiger partial charge in [-0.05, 0) is 65.7 Å². The van der Waals surface area contributed by atoms with E-state index in [1.807, 2.05) is 78.9 Å². The van der Waals surface area contributed by atoms with Gasteiger partial charge >= 0.3 is 0 Å². The van der Waals surface area contributed by atoms with Crippen molar-refractivity contribution in [2.75, 3.05) is 4.90 Å². The Balaban J connectivity index is 1.50. The van der Waals surface area contributed by atoms with Gasteiger partial charge in [-0.3, -0.25) is 14.5 Å². The van der Waals surface area contributed by atoms with Crippen molar-refractivity contribution in [1.29, 1.82) is 0 Å². The number of rotatable bonds is 5. The highest BCUT2D eigenvalue weighted by Crippen LogP contribution is 2.42. The van der Waals surface area contributed by atoms with Gasteiger partial charge in [0.1, 0.15) is 17.9 Å². The van der Waals surface area contributed by atoms with Crippen LogP contribution < -0.4 is 15.1 Å². The van der Waals surface area contributed by atoms with Crippen LogP contribution in [0.4, 0.5) is 5.69 Å². The number of fused-ring (bicyclic) bond motifs is 2. The Labute approximate surface area is 226 Å². The van der Waals surface area contributed by atoms with Crippen molar-refractivity contribution in [3.63, 3.8) is 0 Å². The molecule has 0 aliphatic carbocycles. The van der Waals surface area contributed by atoms with Crippen LogP contribution in [0, 0.1) is 0 Å². The highest BCUT2D eigenvalue weighted by Gasteiger charge is 2.43. The van der Waals surface area contributed by atoms with Crippen LogP contribution in [0.15, 0.2) is 111 Å². The van der Waals surface area contributed by atoms with Gasteiger partial charge in [0.15, 0.2) is 5.43 Å². The van der Waals surface area contributed by atoms with Gasteiger partial charge in [-0.25, -0.2) is 0 Å². The number of carbonyl (C=O) groups is 1. The topological polar surface area (TPSA) is 59.8 Å². The molecule has 1 aliphatic heterocycles. The van der Waals surface area contributed by atoms with E-state index in [-0.39, 0.29) is 22.7 Å². The Kier molecular flexibility index (Phi) is 6.07. The molecule has 5 aromatic rings. The first-order chi connectivity index (χ1) is 18.0. The number of carbonyl (C=O) groups excluding carboxylic acids is 1. The summed E-state index contributed by atoms with van der Waals surface area (Å²) in [7, 11) is 0. The van der Waals surface area contributed by atoms with Crippen molar-refractivity contribution < 1.29 is 13.9 Å². The molecule has 1 amide bonds. The summed E-state index contributed by atoms with van der Waals surface area (Å²) in [4.78, 5) is 29.1. The molecule has 0 saturated carbocycles. The summed E-state index contributed by atoms with van der Waals surface area (Å²) < 4.78 is 13.0. The molecule has 1 aliphatic rings. The van der Waals surface area contributed by atoms with E-state index in [4.69, 9.17) is 20.8 Å². The molecule has 1 unspecified atom stereocenters. The van der Waals surface area contributed by atoms with Gasteiger partial charge in [0.2, 0.25) is 5.76 Å². The number of halogens is 2. The van der Waals surface area contributed by atoms with Crippen molar-refractivity contribution in [2.24, 2.45) is 0 Å². The molecule has 182 valence electrons. The summed E-state index contributed by atoms with van der Waals surface area (Å²) >= 11 is 9.64. The van der Waals surface area contributed by atoms with Gasteiger partial charge in [-0.1, -0.05) is 70.0 Å². The Bertz CT molecular complexity index is 1700. The van der Waals surface area contributed by atoms with Gasteiger partial charge in [0.25, 0.3) is 5.91 Å². The third-order valence-electron chi connectivity index (χ3n) is 6.36. The van der Waals surface area contributed by atoms with Gasteiger partial charge in [0.05, 0.1) is 17.0 Å². The van der Waals surface area contributed by atoms with E-state index in [1.165, 1.54) is 0 Å². The lowest BCUT2D eigenvalue weighted by Crippen LogP contribution is -2.29. The predicted molar refractivity (Wildman–Crippen MR) is 148 cm³/mol. The van der Waals surface area contributed by atoms with Crippen molar-refractivity contribution in [3.8, 4) is 5.75 Å². The maximum atomic E-state index is 13.8. The molecule has 0 fully saturated rings. The molecular weight excluding hydrogens is 554 g/mol. The van der Waals surface area contributed by atoms with E-state index in [2.05, 4.69) is 15.9 Å². The molecule has 0 bridgehead atoms. The highest BCUT2D eigenvalue weighted by molar-refractivity contribution is 9.10. The zero-order chi connectivity index (χ0) is 25.5. The minimum absolute atomic E-state index is 0.0309. The zero-order valence-corrected chi connectivity index (χ0v) is 21.7. The van der Waals surface area contributed by atoms with Crippen molar-refractivity contribution in [1.82, 2.24) is 0 Å². The number of ether oxygens (including phenoxy) is 1. The lowest BCUT2D eigenvalue weighted by atomic mass is 9.98. The average molecular weight is 573 g/mol. The summed E-state index contributed by atoms with van der Waals surface area (Å²) in [6.07, 6.45) is 0. The summed E-state index contributed by atoms with van der Waals surface area (Å²) in [5, 5.41) is 0.750. The standard InChI is InChI=1S/C30H19BrClNO4/c31-20-9-12-22(13-10-20)33-27(19-7-4-8-23(15-19)36-17-18-5-2-1-3-6-18)26-28(34)24-16-21(32)11-14-25(24)37-29(26)30(33)35/h1-16,27H,17H2. The van der Waals surface area contributed by atoms with E-state index in [0.717, 1.165) is 15.6 Å². The van der Waals surface area contributed by atoms with Crippen LogP contribution in [0.3, 0.4) is 0 Å². The van der Waals surface area contributed by atoms with Crippen LogP contribution in [-0.4, -0.2) is 5.91 Å². The lowest BCUT2D eigenvalue weighted by Gasteiger charge is -2.25. The van der Waals surface area contributed by atoms with Crippen LogP contribution in [0.2, 0.25) is 5.02 Å². The molecule has 1 aromatic heterocycles. The fraction of sp³-hybridized carbons (Fsp3) is 0.0667. The minimum Gasteiger partial charge on any atom is -0.489 e. The molecule has 37 heavy (non-hydrogen) atoms. The SMILES string of the molecule is O=C1c2oc3ccc(Cl)cc3c(=O)c2C(c2cccc(OCc3ccccc3)c2)N1c1ccc(Br)cc1. The molecule has 0 saturated heterocycles. The lowest BCUT2D eigenvalue weighted by molar-refractivity contribution is 0.0971. The molecule has 6 rings (SSSR count). The zero-order valence-electron chi connectivity index (χ0n) is 19.4. The normalized spacial score (nSPS) is 14.7. The quantitative estimate of drug-likeness (QED) is 0.218. The summed E-state index contributed by atoms with van der Waals surface area (Å²) in [5.74, 6) is 0.279. The molecule has 0 spiro atoms. The predicted octanol–water partition coefficient (Wildman–Crippen LogP) is 7.54. The first-order valence-corrected chi connectivity index (χ1v) is 12.8. The summed E-state index contributed by atoms with van der Waals surface area (Å²) in [5.41, 5.74) is 2.72. The molecule has 2 heterocycles. The summed E-state index contributed by atoms with van der Waals surface area (Å²) in [6.45, 7) is 0.395. The van der Waals surface area contributed by atoms with E-state index < -0.39 is 6.04 Å². The highest BCUT2D eigenvalue weighted by atomic mass is 79.9. The third kappa shape index (κ3) is 4.32. The van der Waals surface area contributed by atoms with E-state index in [9.17, 15) is 9.59 Å². The minimum atomic E-state index is -0.705. The summed E-state index contributed by atoms with van der Waals surface area (Å²) in [6, 6.07) is 28.8. The van der Waals surface area contributed by atoms with Gasteiger partial charge in [-0.15, -0.1) is 0 Å². The molecular formula is C30H19BrClNO4. The van der Waals surface area contributed by atoms with Crippen LogP contribution in [0.25, 0.3) is 11.0 Å². The first-order valence-electron chi connectivity index (χ1n) is 11.6. The Morgan fingerprint density at radius 3 is 2.46 bits per heavy atom. The molecule has 1 atom stereocenters. The van der Waals surface area contributed by atoms with E-state index in [0.29, 0.717) is 34.0 Å². The molecule has 4 aromatic carbocycles. The average Bonchev–Trinajstić information content (AvgIpc) is 3.21. The van der Waals surface area contributed by atoms with E-state index in [1.54, 1.807) is 23.1 Å². The van der Waals surface area contributed by atoms with Crippen LogP contribution >= 0.6 is 27.5 Å². The van der Waals surface area contributed by atoms with Crippen molar-refractivity contribution in [3.05, 3.63) is 139 Å². The fourth-order valence-corrected chi connectivity index (χ4v) is 5.08. The smallest absolute Gasteiger partial charge is 0.295 e. The number of benzene rings is 4. The van der Waals surface area contributed by atoms with Gasteiger partial charge < -0.3 is 9.15 Å². The molecule has 0 N–H and O–H groups in total. The number of hydrogen-bond donors (Lipinski definition) is 0. The van der Waals surface area contributed by atoms with Crippen LogP contribution in [0.5, 0.6) is 5.75 Å². The number of hydrogen-bond acceptors (Lipinski definition) is 4.